The lowest BCUT2D eigenvalue weighted by atomic mass is 10.1. The summed E-state index contributed by atoms with van der Waals surface area (Å²) in [4.78, 5) is 0. The molecule has 1 rings (SSSR count). The van der Waals surface area contributed by atoms with Crippen molar-refractivity contribution in [3.05, 3.63) is 35.5 Å². The summed E-state index contributed by atoms with van der Waals surface area (Å²) < 4.78 is 5.05. The largest absolute Gasteiger partial charge is 0.506 e. The Balaban J connectivity index is 3.00. The average Bonchev–Trinajstić information content (AvgIpc) is 2.30. The summed E-state index contributed by atoms with van der Waals surface area (Å²) in [7, 11) is 3.42. The van der Waals surface area contributed by atoms with Crippen LogP contribution in [0.5, 0.6) is 5.75 Å². The molecule has 0 atom stereocenters. The minimum absolute atomic E-state index is 0.294. The Kier molecular flexibility index (Phi) is 4.03. The van der Waals surface area contributed by atoms with Crippen LogP contribution in [0.15, 0.2) is 30.0 Å². The monoisotopic (exact) mass is 207 g/mol. The molecule has 0 fully saturated rings. The van der Waals surface area contributed by atoms with Crippen molar-refractivity contribution in [2.75, 3.05) is 14.2 Å². The molecular formula is C12H17NO2. The highest BCUT2D eigenvalue weighted by molar-refractivity contribution is 5.61. The normalized spacial score (nSPS) is 11.9. The number of hydrogen-bond donors (Lipinski definition) is 2. The molecule has 0 bridgehead atoms. The maximum atomic E-state index is 9.92. The molecule has 0 spiro atoms. The van der Waals surface area contributed by atoms with Crippen LogP contribution in [0.2, 0.25) is 0 Å². The number of benzene rings is 1. The van der Waals surface area contributed by atoms with Crippen molar-refractivity contribution in [1.29, 1.82) is 0 Å². The van der Waals surface area contributed by atoms with Gasteiger partial charge in [-0.2, -0.15) is 0 Å². The van der Waals surface area contributed by atoms with E-state index < -0.39 is 0 Å². The van der Waals surface area contributed by atoms with Crippen LogP contribution in [0.3, 0.4) is 0 Å². The van der Waals surface area contributed by atoms with Crippen molar-refractivity contribution in [1.82, 2.24) is 5.32 Å². The molecule has 0 aliphatic heterocycles. The van der Waals surface area contributed by atoms with Gasteiger partial charge >= 0.3 is 0 Å². The summed E-state index contributed by atoms with van der Waals surface area (Å²) >= 11 is 0. The summed E-state index contributed by atoms with van der Waals surface area (Å²) in [6, 6.07) is 7.32. The SMILES string of the molecule is CC/C(NC)=C(\O)c1ccc(OC)cc1. The topological polar surface area (TPSA) is 41.5 Å². The number of hydrogen-bond acceptors (Lipinski definition) is 3. The van der Waals surface area contributed by atoms with E-state index in [9.17, 15) is 5.11 Å². The fraction of sp³-hybridized carbons (Fsp3) is 0.333. The molecule has 0 heterocycles. The highest BCUT2D eigenvalue weighted by Gasteiger charge is 2.04. The molecule has 0 saturated heterocycles. The smallest absolute Gasteiger partial charge is 0.141 e. The third-order valence-corrected chi connectivity index (χ3v) is 2.30. The minimum Gasteiger partial charge on any atom is -0.506 e. The van der Waals surface area contributed by atoms with E-state index >= 15 is 0 Å². The van der Waals surface area contributed by atoms with Gasteiger partial charge in [0.15, 0.2) is 0 Å². The molecular weight excluding hydrogens is 190 g/mol. The second kappa shape index (κ2) is 5.29. The van der Waals surface area contributed by atoms with Crippen LogP contribution in [0.25, 0.3) is 5.76 Å². The molecule has 82 valence electrons. The van der Waals surface area contributed by atoms with Crippen LogP contribution in [0.4, 0.5) is 0 Å². The molecule has 0 unspecified atom stereocenters. The molecule has 1 aromatic rings. The van der Waals surface area contributed by atoms with E-state index in [-0.39, 0.29) is 0 Å². The number of ether oxygens (including phenoxy) is 1. The zero-order valence-corrected chi connectivity index (χ0v) is 9.37. The summed E-state index contributed by atoms with van der Waals surface area (Å²) in [5.41, 5.74) is 1.63. The number of rotatable bonds is 4. The maximum Gasteiger partial charge on any atom is 0.141 e. The van der Waals surface area contributed by atoms with E-state index in [1.165, 1.54) is 0 Å². The predicted molar refractivity (Wildman–Crippen MR) is 61.9 cm³/mol. The summed E-state index contributed by atoms with van der Waals surface area (Å²) in [6.45, 7) is 1.99. The van der Waals surface area contributed by atoms with E-state index in [2.05, 4.69) is 5.32 Å². The molecule has 0 aliphatic rings. The van der Waals surface area contributed by atoms with Crippen LogP contribution in [-0.2, 0) is 0 Å². The first-order chi connectivity index (χ1) is 7.22. The number of nitrogens with one attached hydrogen (secondary N) is 1. The molecule has 0 aromatic heterocycles. The lowest BCUT2D eigenvalue weighted by molar-refractivity contribution is 0.414. The first kappa shape index (κ1) is 11.4. The van der Waals surface area contributed by atoms with E-state index in [0.29, 0.717) is 5.76 Å². The summed E-state index contributed by atoms with van der Waals surface area (Å²) in [6.07, 6.45) is 0.772. The van der Waals surface area contributed by atoms with Crippen molar-refractivity contribution in [2.45, 2.75) is 13.3 Å². The van der Waals surface area contributed by atoms with Crippen LogP contribution in [-0.4, -0.2) is 19.3 Å². The zero-order chi connectivity index (χ0) is 11.3. The predicted octanol–water partition coefficient (Wildman–Crippen LogP) is 2.55. The molecule has 0 aliphatic carbocycles. The quantitative estimate of drug-likeness (QED) is 0.745. The Labute approximate surface area is 90.4 Å². The molecule has 0 radical (unpaired) electrons. The molecule has 0 amide bonds. The van der Waals surface area contributed by atoms with Crippen molar-refractivity contribution in [2.24, 2.45) is 0 Å². The molecule has 2 N–H and O–H groups in total. The highest BCUT2D eigenvalue weighted by Crippen LogP contribution is 2.19. The van der Waals surface area contributed by atoms with Crippen LogP contribution < -0.4 is 10.1 Å². The molecule has 3 heteroatoms. The fourth-order valence-electron chi connectivity index (χ4n) is 1.39. The third kappa shape index (κ3) is 2.65. The van der Waals surface area contributed by atoms with Crippen LogP contribution >= 0.6 is 0 Å². The average molecular weight is 207 g/mol. The van der Waals surface area contributed by atoms with Crippen molar-refractivity contribution < 1.29 is 9.84 Å². The van der Waals surface area contributed by atoms with Crippen LogP contribution in [0, 0.1) is 0 Å². The second-order valence-electron chi connectivity index (χ2n) is 3.16. The van der Waals surface area contributed by atoms with Gasteiger partial charge in [-0.25, -0.2) is 0 Å². The second-order valence-corrected chi connectivity index (χ2v) is 3.16. The zero-order valence-electron chi connectivity index (χ0n) is 9.37. The van der Waals surface area contributed by atoms with Crippen LogP contribution in [0.1, 0.15) is 18.9 Å². The van der Waals surface area contributed by atoms with Gasteiger partial charge in [0, 0.05) is 12.6 Å². The molecule has 3 nitrogen and oxygen atoms in total. The van der Waals surface area contributed by atoms with E-state index in [4.69, 9.17) is 4.74 Å². The Morgan fingerprint density at radius 3 is 2.33 bits per heavy atom. The van der Waals surface area contributed by atoms with E-state index in [0.717, 1.165) is 23.4 Å². The van der Waals surface area contributed by atoms with Crippen molar-refractivity contribution >= 4 is 5.76 Å². The van der Waals surface area contributed by atoms with Crippen molar-refractivity contribution in [3.8, 4) is 5.75 Å². The molecule has 1 aromatic carbocycles. The molecule has 15 heavy (non-hydrogen) atoms. The number of aliphatic hydroxyl groups is 1. The lowest BCUT2D eigenvalue weighted by Gasteiger charge is -2.08. The van der Waals surface area contributed by atoms with Gasteiger partial charge < -0.3 is 15.2 Å². The number of allylic oxidation sites excluding steroid dienone is 1. The van der Waals surface area contributed by atoms with E-state index in [1.54, 1.807) is 14.2 Å². The minimum atomic E-state index is 0.294. The standard InChI is InChI=1S/C12H17NO2/c1-4-11(13-2)12(14)9-5-7-10(15-3)8-6-9/h5-8,13-14H,4H2,1-3H3/b12-11+. The van der Waals surface area contributed by atoms with Gasteiger partial charge in [0.05, 0.1) is 12.8 Å². The first-order valence-corrected chi connectivity index (χ1v) is 4.97. The Morgan fingerprint density at radius 1 is 1.33 bits per heavy atom. The Bertz CT molecular complexity index is 335. The Morgan fingerprint density at radius 2 is 1.93 bits per heavy atom. The van der Waals surface area contributed by atoms with Gasteiger partial charge in [-0.3, -0.25) is 0 Å². The van der Waals surface area contributed by atoms with Crippen molar-refractivity contribution in [3.63, 3.8) is 0 Å². The van der Waals surface area contributed by atoms with E-state index in [1.807, 2.05) is 31.2 Å². The van der Waals surface area contributed by atoms with Gasteiger partial charge in [0.2, 0.25) is 0 Å². The Hall–Kier alpha value is -1.64. The summed E-state index contributed by atoms with van der Waals surface area (Å²) in [5.74, 6) is 1.08. The third-order valence-electron chi connectivity index (χ3n) is 2.30. The van der Waals surface area contributed by atoms with Gasteiger partial charge in [0.25, 0.3) is 0 Å². The van der Waals surface area contributed by atoms with Gasteiger partial charge in [-0.15, -0.1) is 0 Å². The highest BCUT2D eigenvalue weighted by atomic mass is 16.5. The number of methoxy groups -OCH3 is 1. The fourth-order valence-corrected chi connectivity index (χ4v) is 1.39. The number of aliphatic hydroxyl groups excluding tert-OH is 1. The van der Waals surface area contributed by atoms with Gasteiger partial charge in [0.1, 0.15) is 11.5 Å². The molecule has 0 saturated carbocycles. The van der Waals surface area contributed by atoms with Gasteiger partial charge in [-0.05, 0) is 30.7 Å². The maximum absolute atomic E-state index is 9.92. The lowest BCUT2D eigenvalue weighted by Crippen LogP contribution is -2.07. The summed E-state index contributed by atoms with van der Waals surface area (Å²) in [5, 5.41) is 12.9. The van der Waals surface area contributed by atoms with Gasteiger partial charge in [-0.1, -0.05) is 6.92 Å². The first-order valence-electron chi connectivity index (χ1n) is 4.97.